The van der Waals surface area contributed by atoms with E-state index in [1.54, 1.807) is 7.11 Å². The topological polar surface area (TPSA) is 21.3 Å². The van der Waals surface area contributed by atoms with Crippen LogP contribution in [-0.2, 0) is 6.42 Å². The van der Waals surface area contributed by atoms with E-state index in [-0.39, 0.29) is 0 Å². The van der Waals surface area contributed by atoms with Crippen molar-refractivity contribution < 1.29 is 4.74 Å². The van der Waals surface area contributed by atoms with Gasteiger partial charge in [-0.25, -0.2) is 0 Å². The van der Waals surface area contributed by atoms with Crippen LogP contribution in [0.25, 0.3) is 0 Å². The summed E-state index contributed by atoms with van der Waals surface area (Å²) in [6, 6.07) is 8.92. The van der Waals surface area contributed by atoms with Gasteiger partial charge in [0.15, 0.2) is 0 Å². The Bertz CT molecular complexity index is 387. The van der Waals surface area contributed by atoms with Crippen molar-refractivity contribution in [2.45, 2.75) is 51.3 Å². The normalized spacial score (nSPS) is 13.2. The molecule has 0 amide bonds. The number of methoxy groups -OCH3 is 1. The van der Waals surface area contributed by atoms with Gasteiger partial charge in [-0.3, -0.25) is 0 Å². The van der Waals surface area contributed by atoms with E-state index >= 15 is 0 Å². The van der Waals surface area contributed by atoms with Crippen LogP contribution in [0.5, 0.6) is 5.75 Å². The Kier molecular flexibility index (Phi) is 7.46. The van der Waals surface area contributed by atoms with Crippen molar-refractivity contribution in [3.63, 3.8) is 0 Å². The molecule has 0 aliphatic rings. The van der Waals surface area contributed by atoms with Gasteiger partial charge in [-0.15, -0.1) is 0 Å². The zero-order valence-electron chi connectivity index (χ0n) is 13.5. The molecule has 0 aromatic heterocycles. The van der Waals surface area contributed by atoms with Gasteiger partial charge < -0.3 is 10.1 Å². The van der Waals surface area contributed by atoms with Gasteiger partial charge in [0.25, 0.3) is 0 Å². The Labute approximate surface area is 128 Å². The highest BCUT2D eigenvalue weighted by molar-refractivity contribution is 8.00. The lowest BCUT2D eigenvalue weighted by atomic mass is 10.1. The zero-order valence-corrected chi connectivity index (χ0v) is 14.3. The van der Waals surface area contributed by atoms with Gasteiger partial charge in [0.1, 0.15) is 5.75 Å². The largest absolute Gasteiger partial charge is 0.497 e. The monoisotopic (exact) mass is 295 g/mol. The second kappa shape index (κ2) is 8.58. The molecule has 3 heteroatoms. The Morgan fingerprint density at radius 3 is 2.65 bits per heavy atom. The third kappa shape index (κ3) is 7.20. The molecule has 0 bridgehead atoms. The molecule has 1 atom stereocenters. The number of hydrogen-bond donors (Lipinski definition) is 1. The molecule has 0 saturated heterocycles. The number of rotatable bonds is 8. The van der Waals surface area contributed by atoms with Crippen molar-refractivity contribution in [3.05, 3.63) is 29.8 Å². The standard InChI is InChI=1S/C17H29NOS/c1-6-10-18-15(13-20-17(2,3)4)11-14-8-7-9-16(12-14)19-5/h7-9,12,15,18H,6,10-11,13H2,1-5H3. The molecule has 0 aliphatic heterocycles. The number of hydrogen-bond acceptors (Lipinski definition) is 3. The van der Waals surface area contributed by atoms with Crippen molar-refractivity contribution in [1.82, 2.24) is 5.32 Å². The van der Waals surface area contributed by atoms with E-state index in [0.717, 1.165) is 24.5 Å². The molecule has 1 aromatic carbocycles. The molecule has 0 heterocycles. The van der Waals surface area contributed by atoms with E-state index in [1.165, 1.54) is 12.0 Å². The van der Waals surface area contributed by atoms with Gasteiger partial charge in [0, 0.05) is 16.5 Å². The Hall–Kier alpha value is -0.670. The summed E-state index contributed by atoms with van der Waals surface area (Å²) in [4.78, 5) is 0. The summed E-state index contributed by atoms with van der Waals surface area (Å²) in [6.45, 7) is 10.1. The fraction of sp³-hybridized carbons (Fsp3) is 0.647. The second-order valence-electron chi connectivity index (χ2n) is 6.13. The van der Waals surface area contributed by atoms with Crippen LogP contribution in [-0.4, -0.2) is 30.2 Å². The average molecular weight is 295 g/mol. The number of thioether (sulfide) groups is 1. The van der Waals surface area contributed by atoms with Crippen molar-refractivity contribution in [3.8, 4) is 5.75 Å². The highest BCUT2D eigenvalue weighted by atomic mass is 32.2. The van der Waals surface area contributed by atoms with Crippen molar-refractivity contribution in [2.24, 2.45) is 0 Å². The average Bonchev–Trinajstić information content (AvgIpc) is 2.41. The Morgan fingerprint density at radius 2 is 2.05 bits per heavy atom. The maximum Gasteiger partial charge on any atom is 0.119 e. The van der Waals surface area contributed by atoms with Crippen molar-refractivity contribution >= 4 is 11.8 Å². The van der Waals surface area contributed by atoms with E-state index in [0.29, 0.717) is 10.8 Å². The second-order valence-corrected chi connectivity index (χ2v) is 7.98. The molecular weight excluding hydrogens is 266 g/mol. The van der Waals surface area contributed by atoms with Crippen LogP contribution in [0, 0.1) is 0 Å². The van der Waals surface area contributed by atoms with Crippen LogP contribution in [0.1, 0.15) is 39.7 Å². The smallest absolute Gasteiger partial charge is 0.119 e. The fourth-order valence-electron chi connectivity index (χ4n) is 1.97. The van der Waals surface area contributed by atoms with E-state index in [1.807, 2.05) is 17.8 Å². The lowest BCUT2D eigenvalue weighted by Gasteiger charge is -2.24. The first-order valence-electron chi connectivity index (χ1n) is 7.45. The highest BCUT2D eigenvalue weighted by Crippen LogP contribution is 2.25. The first kappa shape index (κ1) is 17.4. The maximum absolute atomic E-state index is 5.31. The molecule has 0 spiro atoms. The molecule has 114 valence electrons. The third-order valence-electron chi connectivity index (χ3n) is 3.02. The minimum absolute atomic E-state index is 0.320. The van der Waals surface area contributed by atoms with E-state index in [9.17, 15) is 0 Å². The molecule has 0 aliphatic carbocycles. The maximum atomic E-state index is 5.31. The summed E-state index contributed by atoms with van der Waals surface area (Å²) in [5.74, 6) is 2.08. The first-order valence-corrected chi connectivity index (χ1v) is 8.43. The van der Waals surface area contributed by atoms with E-state index in [2.05, 4.69) is 51.2 Å². The number of nitrogens with one attached hydrogen (secondary N) is 1. The zero-order chi connectivity index (χ0) is 15.0. The summed E-state index contributed by atoms with van der Waals surface area (Å²) < 4.78 is 5.63. The van der Waals surface area contributed by atoms with Crippen molar-refractivity contribution in [2.75, 3.05) is 19.4 Å². The van der Waals surface area contributed by atoms with Gasteiger partial charge in [-0.1, -0.05) is 39.8 Å². The molecule has 20 heavy (non-hydrogen) atoms. The van der Waals surface area contributed by atoms with Crippen LogP contribution in [0.2, 0.25) is 0 Å². The quantitative estimate of drug-likeness (QED) is 0.779. The van der Waals surface area contributed by atoms with Crippen LogP contribution in [0.4, 0.5) is 0 Å². The van der Waals surface area contributed by atoms with Crippen LogP contribution >= 0.6 is 11.8 Å². The molecule has 0 saturated carbocycles. The lowest BCUT2D eigenvalue weighted by molar-refractivity contribution is 0.414. The van der Waals surface area contributed by atoms with Crippen LogP contribution in [0.15, 0.2) is 24.3 Å². The highest BCUT2D eigenvalue weighted by Gasteiger charge is 2.16. The number of benzene rings is 1. The molecule has 1 rings (SSSR count). The number of ether oxygens (including phenoxy) is 1. The predicted octanol–water partition coefficient (Wildman–Crippen LogP) is 4.14. The Morgan fingerprint density at radius 1 is 1.30 bits per heavy atom. The SMILES string of the molecule is CCCNC(CSC(C)(C)C)Cc1cccc(OC)c1. The summed E-state index contributed by atoms with van der Waals surface area (Å²) in [5.41, 5.74) is 1.34. The van der Waals surface area contributed by atoms with Gasteiger partial charge in [0.05, 0.1) is 7.11 Å². The van der Waals surface area contributed by atoms with Gasteiger partial charge >= 0.3 is 0 Å². The molecule has 0 fully saturated rings. The summed E-state index contributed by atoms with van der Waals surface area (Å²) in [6.07, 6.45) is 2.23. The summed E-state index contributed by atoms with van der Waals surface area (Å²) >= 11 is 2.03. The first-order chi connectivity index (χ1) is 9.44. The predicted molar refractivity (Wildman–Crippen MR) is 91.0 cm³/mol. The van der Waals surface area contributed by atoms with Crippen LogP contribution in [0.3, 0.4) is 0 Å². The van der Waals surface area contributed by atoms with Crippen LogP contribution < -0.4 is 10.1 Å². The lowest BCUT2D eigenvalue weighted by Crippen LogP contribution is -2.35. The van der Waals surface area contributed by atoms with E-state index < -0.39 is 0 Å². The molecule has 0 radical (unpaired) electrons. The molecule has 1 unspecified atom stereocenters. The summed E-state index contributed by atoms with van der Waals surface area (Å²) in [7, 11) is 1.72. The van der Waals surface area contributed by atoms with Crippen molar-refractivity contribution in [1.29, 1.82) is 0 Å². The third-order valence-corrected chi connectivity index (χ3v) is 4.45. The van der Waals surface area contributed by atoms with Gasteiger partial charge in [-0.2, -0.15) is 11.8 Å². The van der Waals surface area contributed by atoms with Gasteiger partial charge in [0.2, 0.25) is 0 Å². The fourth-order valence-corrected chi connectivity index (χ4v) is 2.91. The molecular formula is C17H29NOS. The summed E-state index contributed by atoms with van der Waals surface area (Å²) in [5, 5.41) is 3.67. The minimum atomic E-state index is 0.320. The minimum Gasteiger partial charge on any atom is -0.497 e. The molecule has 1 N–H and O–H groups in total. The Balaban J connectivity index is 2.62. The van der Waals surface area contributed by atoms with E-state index in [4.69, 9.17) is 4.74 Å². The molecule has 1 aromatic rings. The molecule has 2 nitrogen and oxygen atoms in total. The van der Waals surface area contributed by atoms with Gasteiger partial charge in [-0.05, 0) is 37.1 Å².